The zero-order valence-electron chi connectivity index (χ0n) is 9.65. The molecule has 1 fully saturated rings. The van der Waals surface area contributed by atoms with Crippen LogP contribution < -0.4 is 5.32 Å². The number of amides is 1. The molecule has 1 aliphatic heterocycles. The molecule has 1 atom stereocenters. The maximum absolute atomic E-state index is 11.7. The van der Waals surface area contributed by atoms with E-state index in [0.717, 1.165) is 25.1 Å². The highest BCUT2D eigenvalue weighted by Gasteiger charge is 2.20. The number of likely N-dealkylation sites (N-methyl/N-ethyl adjacent to an activating group) is 1. The Balaban J connectivity index is 1.81. The van der Waals surface area contributed by atoms with Crippen LogP contribution in [0.1, 0.15) is 12.0 Å². The predicted octanol–water partition coefficient (Wildman–Crippen LogP) is 1.05. The number of nitrogens with one attached hydrogen (secondary N) is 1. The van der Waals surface area contributed by atoms with Gasteiger partial charge in [-0.3, -0.25) is 4.79 Å². The molecule has 0 aliphatic carbocycles. The summed E-state index contributed by atoms with van der Waals surface area (Å²) in [6, 6.07) is 10.2. The van der Waals surface area contributed by atoms with Gasteiger partial charge in [0.25, 0.3) is 0 Å². The second-order valence-electron chi connectivity index (χ2n) is 4.48. The Morgan fingerprint density at radius 1 is 1.44 bits per heavy atom. The van der Waals surface area contributed by atoms with E-state index in [1.165, 1.54) is 0 Å². The van der Waals surface area contributed by atoms with E-state index in [2.05, 4.69) is 17.3 Å². The summed E-state index contributed by atoms with van der Waals surface area (Å²) >= 11 is 0. The van der Waals surface area contributed by atoms with Gasteiger partial charge in [-0.2, -0.15) is 0 Å². The topological polar surface area (TPSA) is 32.3 Å². The van der Waals surface area contributed by atoms with E-state index < -0.39 is 0 Å². The Bertz CT molecular complexity index is 350. The summed E-state index contributed by atoms with van der Waals surface area (Å²) in [7, 11) is 2.09. The third kappa shape index (κ3) is 3.07. The molecule has 1 N–H and O–H groups in total. The highest BCUT2D eigenvalue weighted by atomic mass is 16.1. The molecule has 1 saturated heterocycles. The summed E-state index contributed by atoms with van der Waals surface area (Å²) in [6.45, 7) is 2.05. The van der Waals surface area contributed by atoms with Crippen LogP contribution in [0.3, 0.4) is 0 Å². The van der Waals surface area contributed by atoms with E-state index in [0.29, 0.717) is 12.5 Å². The maximum atomic E-state index is 11.7. The molecule has 86 valence electrons. The van der Waals surface area contributed by atoms with Gasteiger partial charge >= 0.3 is 0 Å². The molecule has 16 heavy (non-hydrogen) atoms. The molecule has 2 rings (SSSR count). The second kappa shape index (κ2) is 5.12. The summed E-state index contributed by atoms with van der Waals surface area (Å²) in [5.74, 6) is 0.131. The van der Waals surface area contributed by atoms with Crippen molar-refractivity contribution in [2.24, 2.45) is 0 Å². The molecule has 0 saturated carbocycles. The van der Waals surface area contributed by atoms with Crippen molar-refractivity contribution in [1.29, 1.82) is 0 Å². The lowest BCUT2D eigenvalue weighted by atomic mass is 10.1. The summed E-state index contributed by atoms with van der Waals surface area (Å²) in [5, 5.41) is 3.08. The highest BCUT2D eigenvalue weighted by molar-refractivity contribution is 5.78. The summed E-state index contributed by atoms with van der Waals surface area (Å²) in [5.41, 5.74) is 1.08. The average Bonchev–Trinajstić information content (AvgIpc) is 2.65. The lowest BCUT2D eigenvalue weighted by Gasteiger charge is -2.12. The molecule has 1 aromatic rings. The number of hydrogen-bond donors (Lipinski definition) is 1. The van der Waals surface area contributed by atoms with Crippen LogP contribution in [0.5, 0.6) is 0 Å². The first-order valence-electron chi connectivity index (χ1n) is 5.76. The Labute approximate surface area is 96.5 Å². The Morgan fingerprint density at radius 2 is 2.19 bits per heavy atom. The van der Waals surface area contributed by atoms with Crippen LogP contribution in [0.4, 0.5) is 0 Å². The quantitative estimate of drug-likeness (QED) is 0.822. The van der Waals surface area contributed by atoms with Gasteiger partial charge in [0.2, 0.25) is 5.91 Å². The van der Waals surface area contributed by atoms with Gasteiger partial charge in [0.15, 0.2) is 0 Å². The number of benzene rings is 1. The number of nitrogens with zero attached hydrogens (tertiary/aromatic N) is 1. The Kier molecular flexibility index (Phi) is 3.57. The van der Waals surface area contributed by atoms with Crippen LogP contribution in [-0.4, -0.2) is 37.0 Å². The molecular formula is C13H18N2O. The number of likely N-dealkylation sites (tertiary alicyclic amines) is 1. The summed E-state index contributed by atoms with van der Waals surface area (Å²) in [6.07, 6.45) is 1.55. The van der Waals surface area contributed by atoms with E-state index in [-0.39, 0.29) is 5.91 Å². The maximum Gasteiger partial charge on any atom is 0.224 e. The minimum Gasteiger partial charge on any atom is -0.352 e. The minimum absolute atomic E-state index is 0.131. The fourth-order valence-electron chi connectivity index (χ4n) is 2.11. The first-order chi connectivity index (χ1) is 7.74. The van der Waals surface area contributed by atoms with Gasteiger partial charge < -0.3 is 10.2 Å². The third-order valence-corrected chi connectivity index (χ3v) is 2.96. The SMILES string of the molecule is CN1CCC(NC(=O)Cc2ccccc2)C1. The molecule has 0 radical (unpaired) electrons. The highest BCUT2D eigenvalue weighted by Crippen LogP contribution is 2.06. The largest absolute Gasteiger partial charge is 0.352 e. The summed E-state index contributed by atoms with van der Waals surface area (Å²) in [4.78, 5) is 14.0. The fourth-order valence-corrected chi connectivity index (χ4v) is 2.11. The molecule has 1 aromatic carbocycles. The van der Waals surface area contributed by atoms with E-state index >= 15 is 0 Å². The molecule has 1 heterocycles. The van der Waals surface area contributed by atoms with Crippen molar-refractivity contribution in [3.8, 4) is 0 Å². The van der Waals surface area contributed by atoms with Gasteiger partial charge in [0, 0.05) is 12.6 Å². The first kappa shape index (κ1) is 11.1. The molecular weight excluding hydrogens is 200 g/mol. The van der Waals surface area contributed by atoms with Gasteiger partial charge in [0.05, 0.1) is 6.42 Å². The zero-order chi connectivity index (χ0) is 11.4. The molecule has 1 amide bonds. The normalized spacial score (nSPS) is 20.9. The number of hydrogen-bond acceptors (Lipinski definition) is 2. The van der Waals surface area contributed by atoms with Crippen molar-refractivity contribution >= 4 is 5.91 Å². The van der Waals surface area contributed by atoms with E-state index in [4.69, 9.17) is 0 Å². The predicted molar refractivity (Wildman–Crippen MR) is 64.2 cm³/mol. The molecule has 3 heteroatoms. The summed E-state index contributed by atoms with van der Waals surface area (Å²) < 4.78 is 0. The van der Waals surface area contributed by atoms with Gasteiger partial charge in [-0.1, -0.05) is 30.3 Å². The Morgan fingerprint density at radius 3 is 2.81 bits per heavy atom. The molecule has 1 aliphatic rings. The van der Waals surface area contributed by atoms with Crippen LogP contribution >= 0.6 is 0 Å². The number of carbonyl (C=O) groups excluding carboxylic acids is 1. The fraction of sp³-hybridized carbons (Fsp3) is 0.462. The van der Waals surface area contributed by atoms with Crippen molar-refractivity contribution in [2.45, 2.75) is 18.9 Å². The van der Waals surface area contributed by atoms with Crippen LogP contribution in [0.2, 0.25) is 0 Å². The van der Waals surface area contributed by atoms with E-state index in [9.17, 15) is 4.79 Å². The van der Waals surface area contributed by atoms with Gasteiger partial charge in [-0.15, -0.1) is 0 Å². The van der Waals surface area contributed by atoms with Crippen molar-refractivity contribution in [3.63, 3.8) is 0 Å². The minimum atomic E-state index is 0.131. The third-order valence-electron chi connectivity index (χ3n) is 2.96. The van der Waals surface area contributed by atoms with Crippen LogP contribution in [0, 0.1) is 0 Å². The number of rotatable bonds is 3. The molecule has 1 unspecified atom stereocenters. The number of carbonyl (C=O) groups is 1. The molecule has 0 aromatic heterocycles. The van der Waals surface area contributed by atoms with E-state index in [1.54, 1.807) is 0 Å². The second-order valence-corrected chi connectivity index (χ2v) is 4.48. The van der Waals surface area contributed by atoms with Crippen LogP contribution in [0.25, 0.3) is 0 Å². The first-order valence-corrected chi connectivity index (χ1v) is 5.76. The molecule has 3 nitrogen and oxygen atoms in total. The van der Waals surface area contributed by atoms with Gasteiger partial charge in [-0.05, 0) is 25.6 Å². The van der Waals surface area contributed by atoms with Crippen molar-refractivity contribution in [1.82, 2.24) is 10.2 Å². The van der Waals surface area contributed by atoms with Crippen LogP contribution in [0.15, 0.2) is 30.3 Å². The average molecular weight is 218 g/mol. The Hall–Kier alpha value is -1.35. The van der Waals surface area contributed by atoms with Gasteiger partial charge in [0.1, 0.15) is 0 Å². The lowest BCUT2D eigenvalue weighted by Crippen LogP contribution is -2.37. The van der Waals surface area contributed by atoms with Crippen molar-refractivity contribution < 1.29 is 4.79 Å². The standard InChI is InChI=1S/C13H18N2O/c1-15-8-7-12(10-15)14-13(16)9-11-5-3-2-4-6-11/h2-6,12H,7-10H2,1H3,(H,14,16). The zero-order valence-corrected chi connectivity index (χ0v) is 9.65. The molecule has 0 bridgehead atoms. The lowest BCUT2D eigenvalue weighted by molar-refractivity contribution is -0.121. The monoisotopic (exact) mass is 218 g/mol. The van der Waals surface area contributed by atoms with Gasteiger partial charge in [-0.25, -0.2) is 0 Å². The van der Waals surface area contributed by atoms with Crippen LogP contribution in [-0.2, 0) is 11.2 Å². The molecule has 0 spiro atoms. The smallest absolute Gasteiger partial charge is 0.224 e. The van der Waals surface area contributed by atoms with Crippen molar-refractivity contribution in [2.75, 3.05) is 20.1 Å². The van der Waals surface area contributed by atoms with E-state index in [1.807, 2.05) is 30.3 Å². The van der Waals surface area contributed by atoms with Crippen molar-refractivity contribution in [3.05, 3.63) is 35.9 Å².